The molecule has 0 unspecified atom stereocenters. The number of para-hydroxylation sites is 1. The van der Waals surface area contributed by atoms with Crippen LogP contribution in [0.3, 0.4) is 0 Å². The lowest BCUT2D eigenvalue weighted by Crippen LogP contribution is -2.22. The van der Waals surface area contributed by atoms with Gasteiger partial charge in [-0.1, -0.05) is 18.2 Å². The minimum atomic E-state index is -0.185. The van der Waals surface area contributed by atoms with Crippen LogP contribution in [0.4, 0.5) is 0 Å². The van der Waals surface area contributed by atoms with Crippen molar-refractivity contribution in [3.8, 4) is 17.1 Å². The summed E-state index contributed by atoms with van der Waals surface area (Å²) in [5.41, 5.74) is 3.54. The average molecular weight is 346 g/mol. The maximum absolute atomic E-state index is 13.1. The lowest BCUT2D eigenvalue weighted by molar-refractivity contribution is 0.414. The van der Waals surface area contributed by atoms with Crippen molar-refractivity contribution in [3.63, 3.8) is 0 Å². The zero-order valence-electron chi connectivity index (χ0n) is 14.8. The molecule has 130 valence electrons. The van der Waals surface area contributed by atoms with Crippen LogP contribution in [0.25, 0.3) is 22.3 Å². The van der Waals surface area contributed by atoms with Crippen LogP contribution in [-0.2, 0) is 0 Å². The van der Waals surface area contributed by atoms with E-state index in [4.69, 9.17) is 4.74 Å². The van der Waals surface area contributed by atoms with Gasteiger partial charge in [-0.15, -0.1) is 0 Å². The van der Waals surface area contributed by atoms with Crippen molar-refractivity contribution < 1.29 is 4.74 Å². The summed E-state index contributed by atoms with van der Waals surface area (Å²) in [6, 6.07) is 17.0. The Morgan fingerprint density at radius 1 is 0.846 bits per heavy atom. The van der Waals surface area contributed by atoms with E-state index in [0.29, 0.717) is 22.3 Å². The van der Waals surface area contributed by atoms with Gasteiger partial charge >= 0.3 is 0 Å². The Morgan fingerprint density at radius 3 is 2.15 bits per heavy atom. The summed E-state index contributed by atoms with van der Waals surface area (Å²) in [5, 5.41) is 9.67. The topological polar surface area (TPSA) is 61.9 Å². The number of hydrogen-bond donors (Lipinski definition) is 0. The number of ether oxygens (including phenoxy) is 1. The smallest absolute Gasteiger partial charge is 0.282 e. The zero-order valence-corrected chi connectivity index (χ0v) is 14.8. The molecule has 0 spiro atoms. The molecule has 0 saturated heterocycles. The van der Waals surface area contributed by atoms with Crippen molar-refractivity contribution in [2.24, 2.45) is 0 Å². The third kappa shape index (κ3) is 2.47. The number of methoxy groups -OCH3 is 1. The minimum absolute atomic E-state index is 0.185. The van der Waals surface area contributed by atoms with Gasteiger partial charge in [-0.05, 0) is 50.2 Å². The zero-order chi connectivity index (χ0) is 18.3. The SMILES string of the molecule is COc1ccc(-n2nc(C)c3nn(-c4ccccc4)c(C)c3c2=O)cc1. The normalized spacial score (nSPS) is 11.0. The van der Waals surface area contributed by atoms with E-state index in [1.165, 1.54) is 4.68 Å². The van der Waals surface area contributed by atoms with E-state index >= 15 is 0 Å². The highest BCUT2D eigenvalue weighted by Crippen LogP contribution is 2.21. The first-order chi connectivity index (χ1) is 12.6. The lowest BCUT2D eigenvalue weighted by atomic mass is 10.2. The highest BCUT2D eigenvalue weighted by Gasteiger charge is 2.18. The van der Waals surface area contributed by atoms with E-state index in [0.717, 1.165) is 17.1 Å². The lowest BCUT2D eigenvalue weighted by Gasteiger charge is -2.07. The van der Waals surface area contributed by atoms with Crippen LogP contribution >= 0.6 is 0 Å². The quantitative estimate of drug-likeness (QED) is 0.571. The van der Waals surface area contributed by atoms with Gasteiger partial charge in [0, 0.05) is 0 Å². The van der Waals surface area contributed by atoms with Gasteiger partial charge in [-0.2, -0.15) is 14.9 Å². The first kappa shape index (κ1) is 16.1. The largest absolute Gasteiger partial charge is 0.497 e. The monoisotopic (exact) mass is 346 g/mol. The summed E-state index contributed by atoms with van der Waals surface area (Å²) in [4.78, 5) is 13.1. The van der Waals surface area contributed by atoms with Gasteiger partial charge < -0.3 is 4.74 Å². The summed E-state index contributed by atoms with van der Waals surface area (Å²) >= 11 is 0. The van der Waals surface area contributed by atoms with Gasteiger partial charge in [-0.3, -0.25) is 4.79 Å². The second-order valence-corrected chi connectivity index (χ2v) is 6.06. The van der Waals surface area contributed by atoms with Gasteiger partial charge in [0.1, 0.15) is 11.3 Å². The molecule has 0 radical (unpaired) electrons. The standard InChI is InChI=1S/C20H18N4O2/c1-13-19-18(14(2)23(22-19)15-7-5-4-6-8-15)20(25)24(21-13)16-9-11-17(26-3)12-10-16/h4-12H,1-3H3. The summed E-state index contributed by atoms with van der Waals surface area (Å²) in [5.74, 6) is 0.729. The Morgan fingerprint density at radius 2 is 1.50 bits per heavy atom. The minimum Gasteiger partial charge on any atom is -0.497 e. The fourth-order valence-corrected chi connectivity index (χ4v) is 3.08. The first-order valence-corrected chi connectivity index (χ1v) is 8.29. The van der Waals surface area contributed by atoms with Crippen LogP contribution in [0.15, 0.2) is 59.4 Å². The predicted molar refractivity (Wildman–Crippen MR) is 100 cm³/mol. The summed E-state index contributed by atoms with van der Waals surface area (Å²) < 4.78 is 8.39. The van der Waals surface area contributed by atoms with Crippen LogP contribution in [0.1, 0.15) is 11.4 Å². The molecule has 0 bridgehead atoms. The van der Waals surface area contributed by atoms with E-state index < -0.39 is 0 Å². The maximum atomic E-state index is 13.1. The van der Waals surface area contributed by atoms with Crippen molar-refractivity contribution in [1.82, 2.24) is 19.6 Å². The summed E-state index contributed by atoms with van der Waals surface area (Å²) in [6.07, 6.45) is 0. The molecule has 2 heterocycles. The molecule has 0 aliphatic heterocycles. The molecule has 0 aliphatic carbocycles. The molecule has 4 aromatic rings. The molecule has 0 saturated carbocycles. The molecule has 4 rings (SSSR count). The fourth-order valence-electron chi connectivity index (χ4n) is 3.08. The van der Waals surface area contributed by atoms with E-state index in [1.54, 1.807) is 11.8 Å². The summed E-state index contributed by atoms with van der Waals surface area (Å²) in [7, 11) is 1.61. The van der Waals surface area contributed by atoms with Crippen LogP contribution in [0.5, 0.6) is 5.75 Å². The molecule has 0 aliphatic rings. The highest BCUT2D eigenvalue weighted by atomic mass is 16.5. The third-order valence-electron chi connectivity index (χ3n) is 4.43. The van der Waals surface area contributed by atoms with Crippen LogP contribution in [-0.4, -0.2) is 26.7 Å². The van der Waals surface area contributed by atoms with Crippen molar-refractivity contribution in [1.29, 1.82) is 0 Å². The Balaban J connectivity index is 1.96. The highest BCUT2D eigenvalue weighted by molar-refractivity contribution is 5.83. The number of rotatable bonds is 3. The predicted octanol–water partition coefficient (Wildman–Crippen LogP) is 3.20. The van der Waals surface area contributed by atoms with Gasteiger partial charge in [0.15, 0.2) is 0 Å². The average Bonchev–Trinajstić information content (AvgIpc) is 3.04. The number of fused-ring (bicyclic) bond motifs is 1. The summed E-state index contributed by atoms with van der Waals surface area (Å²) in [6.45, 7) is 3.77. The molecule has 6 heteroatoms. The first-order valence-electron chi connectivity index (χ1n) is 8.29. The second-order valence-electron chi connectivity index (χ2n) is 6.06. The Kier molecular flexibility index (Phi) is 3.80. The Labute approximate surface area is 150 Å². The van der Waals surface area contributed by atoms with E-state index in [1.807, 2.05) is 68.4 Å². The van der Waals surface area contributed by atoms with Crippen molar-refractivity contribution in [2.45, 2.75) is 13.8 Å². The van der Waals surface area contributed by atoms with E-state index in [2.05, 4.69) is 10.2 Å². The molecular formula is C20H18N4O2. The fraction of sp³-hybridized carbons (Fsp3) is 0.150. The van der Waals surface area contributed by atoms with Gasteiger partial charge in [0.2, 0.25) is 0 Å². The van der Waals surface area contributed by atoms with Gasteiger partial charge in [0.05, 0.1) is 35.3 Å². The van der Waals surface area contributed by atoms with Crippen molar-refractivity contribution >= 4 is 10.9 Å². The van der Waals surface area contributed by atoms with Crippen molar-refractivity contribution in [2.75, 3.05) is 7.11 Å². The number of aromatic nitrogens is 4. The van der Waals surface area contributed by atoms with Crippen LogP contribution in [0, 0.1) is 13.8 Å². The third-order valence-corrected chi connectivity index (χ3v) is 4.43. The molecule has 26 heavy (non-hydrogen) atoms. The second kappa shape index (κ2) is 6.15. The maximum Gasteiger partial charge on any atom is 0.282 e. The van der Waals surface area contributed by atoms with E-state index in [-0.39, 0.29) is 5.56 Å². The van der Waals surface area contributed by atoms with Gasteiger partial charge in [-0.25, -0.2) is 4.68 Å². The van der Waals surface area contributed by atoms with Crippen molar-refractivity contribution in [3.05, 3.63) is 76.3 Å². The number of hydrogen-bond acceptors (Lipinski definition) is 4. The molecule has 0 amide bonds. The van der Waals surface area contributed by atoms with Crippen LogP contribution < -0.4 is 10.3 Å². The Bertz CT molecular complexity index is 1140. The molecule has 0 fully saturated rings. The van der Waals surface area contributed by atoms with Gasteiger partial charge in [0.25, 0.3) is 5.56 Å². The molecule has 2 aromatic heterocycles. The molecular weight excluding hydrogens is 328 g/mol. The molecule has 2 aromatic carbocycles. The molecule has 0 N–H and O–H groups in total. The molecule has 0 atom stereocenters. The van der Waals surface area contributed by atoms with Crippen LogP contribution in [0.2, 0.25) is 0 Å². The Hall–Kier alpha value is -3.41. The molecule has 6 nitrogen and oxygen atoms in total. The number of benzene rings is 2. The number of nitrogens with zero attached hydrogens (tertiary/aromatic N) is 4. The van der Waals surface area contributed by atoms with E-state index in [9.17, 15) is 4.79 Å². The number of aryl methyl sites for hydroxylation is 2.